The van der Waals surface area contributed by atoms with Crippen molar-refractivity contribution in [3.8, 4) is 5.75 Å². The Morgan fingerprint density at radius 1 is 1.22 bits per heavy atom. The van der Waals surface area contributed by atoms with Crippen LogP contribution in [0, 0.1) is 6.92 Å². The van der Waals surface area contributed by atoms with Gasteiger partial charge in [0.25, 0.3) is 5.91 Å². The maximum atomic E-state index is 12.3. The van der Waals surface area contributed by atoms with E-state index < -0.39 is 0 Å². The number of hydrogen-bond acceptors (Lipinski definition) is 5. The molecule has 0 bridgehead atoms. The third-order valence-electron chi connectivity index (χ3n) is 3.34. The molecule has 0 aliphatic carbocycles. The van der Waals surface area contributed by atoms with Crippen LogP contribution in [0.5, 0.6) is 5.75 Å². The maximum Gasteiger partial charge on any atom is 0.266 e. The van der Waals surface area contributed by atoms with E-state index in [0.717, 1.165) is 17.2 Å². The first-order valence-electron chi connectivity index (χ1n) is 7.03. The average Bonchev–Trinajstić information content (AvgIpc) is 3.07. The Balaban J connectivity index is 1.85. The van der Waals surface area contributed by atoms with Crippen molar-refractivity contribution in [2.75, 3.05) is 14.2 Å². The lowest BCUT2D eigenvalue weighted by molar-refractivity contribution is -0.121. The van der Waals surface area contributed by atoms with E-state index in [2.05, 4.69) is 4.99 Å². The number of ether oxygens (including phenoxy) is 1. The number of nitrogens with zero attached hydrogens (tertiary/aromatic N) is 2. The number of carbonyl (C=O) groups excluding carboxylic acids is 1. The van der Waals surface area contributed by atoms with Gasteiger partial charge in [0.15, 0.2) is 5.17 Å². The molecule has 5 nitrogen and oxygen atoms in total. The van der Waals surface area contributed by atoms with E-state index in [1.165, 1.54) is 16.7 Å². The number of benzene rings is 1. The normalized spacial score (nSPS) is 18.2. The first-order chi connectivity index (χ1) is 11.1. The smallest absolute Gasteiger partial charge is 0.266 e. The molecule has 1 aromatic carbocycles. The highest BCUT2D eigenvalue weighted by molar-refractivity contribution is 8.18. The number of carbonyl (C=O) groups is 1. The summed E-state index contributed by atoms with van der Waals surface area (Å²) in [6.07, 6.45) is 1.74. The predicted octanol–water partition coefficient (Wildman–Crippen LogP) is 3.83. The van der Waals surface area contributed by atoms with Crippen molar-refractivity contribution in [1.82, 2.24) is 4.90 Å². The number of methoxy groups -OCH3 is 1. The SMILES string of the molecule is COc1ccc(N=C2S/C(=C/c3ccc(C)o3)C(=O)N2C)cc1. The standard InChI is InChI=1S/C17H16N2O3S/c1-11-4-7-14(22-11)10-15-16(20)19(2)17(23-15)18-12-5-8-13(21-3)9-6-12/h4-10H,1-3H3/b15-10+,18-17?. The van der Waals surface area contributed by atoms with Crippen LogP contribution in [0.15, 0.2) is 50.7 Å². The van der Waals surface area contributed by atoms with E-state index in [1.54, 1.807) is 20.2 Å². The minimum absolute atomic E-state index is 0.0867. The molecule has 118 valence electrons. The largest absolute Gasteiger partial charge is 0.497 e. The minimum Gasteiger partial charge on any atom is -0.497 e. The lowest BCUT2D eigenvalue weighted by atomic mass is 10.3. The van der Waals surface area contributed by atoms with Crippen molar-refractivity contribution in [2.24, 2.45) is 4.99 Å². The number of rotatable bonds is 3. The van der Waals surface area contributed by atoms with E-state index in [4.69, 9.17) is 9.15 Å². The van der Waals surface area contributed by atoms with Crippen LogP contribution in [0.4, 0.5) is 5.69 Å². The zero-order valence-corrected chi connectivity index (χ0v) is 13.9. The van der Waals surface area contributed by atoms with Crippen LogP contribution in [0.3, 0.4) is 0 Å². The van der Waals surface area contributed by atoms with Gasteiger partial charge in [0.05, 0.1) is 17.7 Å². The molecular weight excluding hydrogens is 312 g/mol. The quantitative estimate of drug-likeness (QED) is 0.804. The van der Waals surface area contributed by atoms with Crippen LogP contribution in [0.25, 0.3) is 6.08 Å². The third-order valence-corrected chi connectivity index (χ3v) is 4.40. The summed E-state index contributed by atoms with van der Waals surface area (Å²) in [7, 11) is 3.33. The lowest BCUT2D eigenvalue weighted by Crippen LogP contribution is -2.23. The summed E-state index contributed by atoms with van der Waals surface area (Å²) in [5.41, 5.74) is 0.767. The van der Waals surface area contributed by atoms with Crippen LogP contribution in [0.2, 0.25) is 0 Å². The molecule has 0 saturated carbocycles. The van der Waals surface area contributed by atoms with Gasteiger partial charge in [0.1, 0.15) is 17.3 Å². The van der Waals surface area contributed by atoms with Crippen LogP contribution < -0.4 is 4.74 Å². The second kappa shape index (κ2) is 6.34. The Morgan fingerprint density at radius 3 is 2.57 bits per heavy atom. The highest BCUT2D eigenvalue weighted by Gasteiger charge is 2.30. The van der Waals surface area contributed by atoms with Crippen molar-refractivity contribution in [3.05, 3.63) is 52.8 Å². The van der Waals surface area contributed by atoms with Crippen LogP contribution in [-0.4, -0.2) is 30.1 Å². The Morgan fingerprint density at radius 2 is 1.96 bits per heavy atom. The van der Waals surface area contributed by atoms with Gasteiger partial charge in [-0.2, -0.15) is 0 Å². The fourth-order valence-electron chi connectivity index (χ4n) is 2.08. The summed E-state index contributed by atoms with van der Waals surface area (Å²) < 4.78 is 10.6. The Kier molecular flexibility index (Phi) is 4.25. The number of thioether (sulfide) groups is 1. The molecule has 0 atom stereocenters. The minimum atomic E-state index is -0.0867. The maximum absolute atomic E-state index is 12.3. The van der Waals surface area contributed by atoms with Gasteiger partial charge in [0.2, 0.25) is 0 Å². The van der Waals surface area contributed by atoms with Crippen molar-refractivity contribution in [3.63, 3.8) is 0 Å². The van der Waals surface area contributed by atoms with Crippen LogP contribution >= 0.6 is 11.8 Å². The molecule has 1 fully saturated rings. The summed E-state index contributed by atoms with van der Waals surface area (Å²) in [6.45, 7) is 1.87. The molecule has 2 aromatic rings. The van der Waals surface area contributed by atoms with Gasteiger partial charge in [-0.3, -0.25) is 9.69 Å². The molecule has 0 radical (unpaired) electrons. The van der Waals surface area contributed by atoms with E-state index in [0.29, 0.717) is 15.8 Å². The second-order valence-corrected chi connectivity index (χ2v) is 6.02. The summed E-state index contributed by atoms with van der Waals surface area (Å²) in [6, 6.07) is 11.1. The number of likely N-dealkylation sites (N-methyl/N-ethyl adjacent to an activating group) is 1. The van der Waals surface area contributed by atoms with Crippen molar-refractivity contribution < 1.29 is 13.9 Å². The van der Waals surface area contributed by atoms with Gasteiger partial charge in [-0.05, 0) is 55.1 Å². The van der Waals surface area contributed by atoms with Crippen molar-refractivity contribution >= 4 is 34.6 Å². The monoisotopic (exact) mass is 328 g/mol. The number of amides is 1. The molecule has 1 amide bonds. The number of amidine groups is 1. The summed E-state index contributed by atoms with van der Waals surface area (Å²) in [4.78, 5) is 19.0. The molecule has 0 N–H and O–H groups in total. The van der Waals surface area contributed by atoms with E-state index >= 15 is 0 Å². The first kappa shape index (κ1) is 15.4. The van der Waals surface area contributed by atoms with Gasteiger partial charge in [-0.25, -0.2) is 4.99 Å². The van der Waals surface area contributed by atoms with E-state index in [-0.39, 0.29) is 5.91 Å². The molecular formula is C17H16N2O3S. The topological polar surface area (TPSA) is 55.0 Å². The zero-order valence-electron chi connectivity index (χ0n) is 13.1. The number of aryl methyl sites for hydroxylation is 1. The molecule has 3 rings (SSSR count). The molecule has 1 aliphatic heterocycles. The Labute approximate surface area is 138 Å². The summed E-state index contributed by atoms with van der Waals surface area (Å²) in [5, 5.41) is 0.634. The molecule has 1 aromatic heterocycles. The van der Waals surface area contributed by atoms with Gasteiger partial charge in [0, 0.05) is 13.1 Å². The van der Waals surface area contributed by atoms with Gasteiger partial charge < -0.3 is 9.15 Å². The third kappa shape index (κ3) is 3.32. The van der Waals surface area contributed by atoms with E-state index in [1.807, 2.05) is 43.3 Å². The Bertz CT molecular complexity index is 790. The van der Waals surface area contributed by atoms with Crippen LogP contribution in [-0.2, 0) is 4.79 Å². The highest BCUT2D eigenvalue weighted by atomic mass is 32.2. The lowest BCUT2D eigenvalue weighted by Gasteiger charge is -2.07. The molecule has 1 aliphatic rings. The van der Waals surface area contributed by atoms with Gasteiger partial charge >= 0.3 is 0 Å². The first-order valence-corrected chi connectivity index (χ1v) is 7.85. The molecule has 0 spiro atoms. The number of aliphatic imine (C=N–C) groups is 1. The second-order valence-electron chi connectivity index (χ2n) is 5.02. The highest BCUT2D eigenvalue weighted by Crippen LogP contribution is 2.33. The molecule has 0 unspecified atom stereocenters. The Hall–Kier alpha value is -2.47. The summed E-state index contributed by atoms with van der Waals surface area (Å²) in [5.74, 6) is 2.16. The molecule has 23 heavy (non-hydrogen) atoms. The predicted molar refractivity (Wildman–Crippen MR) is 91.9 cm³/mol. The zero-order chi connectivity index (χ0) is 16.4. The fraction of sp³-hybridized carbons (Fsp3) is 0.176. The van der Waals surface area contributed by atoms with Crippen molar-refractivity contribution in [1.29, 1.82) is 0 Å². The average molecular weight is 328 g/mol. The molecule has 1 saturated heterocycles. The van der Waals surface area contributed by atoms with Crippen LogP contribution in [0.1, 0.15) is 11.5 Å². The molecule has 2 heterocycles. The summed E-state index contributed by atoms with van der Waals surface area (Å²) >= 11 is 1.33. The van der Waals surface area contributed by atoms with E-state index in [9.17, 15) is 4.79 Å². The number of hydrogen-bond donors (Lipinski definition) is 0. The van der Waals surface area contributed by atoms with Crippen molar-refractivity contribution in [2.45, 2.75) is 6.92 Å². The van der Waals surface area contributed by atoms with Gasteiger partial charge in [-0.1, -0.05) is 0 Å². The number of furan rings is 1. The fourth-order valence-corrected chi connectivity index (χ4v) is 3.05. The van der Waals surface area contributed by atoms with Gasteiger partial charge in [-0.15, -0.1) is 0 Å². The molecule has 6 heteroatoms.